The van der Waals surface area contributed by atoms with E-state index >= 15 is 0 Å². The topological polar surface area (TPSA) is 24.9 Å². The Morgan fingerprint density at radius 3 is 2.38 bits per heavy atom. The molecular formula is C16H11BrF4N2S. The molecule has 2 nitrogen and oxygen atoms in total. The van der Waals surface area contributed by atoms with E-state index in [2.05, 4.69) is 10.3 Å². The van der Waals surface area contributed by atoms with Gasteiger partial charge in [0.1, 0.15) is 5.82 Å². The predicted octanol–water partition coefficient (Wildman–Crippen LogP) is 6.29. The zero-order valence-electron chi connectivity index (χ0n) is 12.0. The van der Waals surface area contributed by atoms with Crippen molar-refractivity contribution in [1.29, 1.82) is 0 Å². The minimum absolute atomic E-state index is 0. The van der Waals surface area contributed by atoms with Crippen LogP contribution in [0.2, 0.25) is 0 Å². The van der Waals surface area contributed by atoms with E-state index in [1.165, 1.54) is 35.6 Å². The maximum atomic E-state index is 12.9. The Bertz CT molecular complexity index is 815. The average molecular weight is 419 g/mol. The highest BCUT2D eigenvalue weighted by Crippen LogP contribution is 2.32. The minimum atomic E-state index is -4.39. The molecule has 3 rings (SSSR count). The van der Waals surface area contributed by atoms with Crippen LogP contribution >= 0.6 is 28.3 Å². The first-order valence-corrected chi connectivity index (χ1v) is 7.45. The van der Waals surface area contributed by atoms with Crippen molar-refractivity contribution < 1.29 is 17.6 Å². The highest BCUT2D eigenvalue weighted by atomic mass is 79.9. The smallest absolute Gasteiger partial charge is 0.332 e. The first-order valence-electron chi connectivity index (χ1n) is 6.57. The third-order valence-corrected chi connectivity index (χ3v) is 3.84. The van der Waals surface area contributed by atoms with E-state index in [-0.39, 0.29) is 22.8 Å². The molecule has 0 fully saturated rings. The molecule has 3 aromatic rings. The fourth-order valence-corrected chi connectivity index (χ4v) is 2.72. The molecule has 1 heterocycles. The minimum Gasteiger partial charge on any atom is -0.332 e. The lowest BCUT2D eigenvalue weighted by atomic mass is 10.2. The van der Waals surface area contributed by atoms with E-state index in [0.29, 0.717) is 16.5 Å². The molecular weight excluding hydrogens is 408 g/mol. The number of alkyl halides is 3. The van der Waals surface area contributed by atoms with Crippen LogP contribution in [-0.4, -0.2) is 4.98 Å². The predicted molar refractivity (Wildman–Crippen MR) is 92.6 cm³/mol. The molecule has 0 saturated heterocycles. The standard InChI is InChI=1S/C16H10F4N2S.BrH/c17-12-6-4-10(5-7-12)14-9-23-15(22-14)21-13-3-1-2-11(8-13)16(18,19)20;/h1-9H,(H,21,22);1H. The first kappa shape index (κ1) is 18.4. The van der Waals surface area contributed by atoms with Crippen molar-refractivity contribution >= 4 is 39.1 Å². The number of thiazole rings is 1. The van der Waals surface area contributed by atoms with Crippen LogP contribution in [0.3, 0.4) is 0 Å². The Labute approximate surface area is 149 Å². The van der Waals surface area contributed by atoms with Crippen LogP contribution in [0.15, 0.2) is 53.9 Å². The van der Waals surface area contributed by atoms with Crippen LogP contribution in [0.5, 0.6) is 0 Å². The third kappa shape index (κ3) is 4.33. The summed E-state index contributed by atoms with van der Waals surface area (Å²) < 4.78 is 51.0. The molecule has 0 bridgehead atoms. The normalized spacial score (nSPS) is 11.0. The van der Waals surface area contributed by atoms with Crippen LogP contribution in [0.4, 0.5) is 28.4 Å². The number of halogens is 5. The fourth-order valence-electron chi connectivity index (χ4n) is 1.98. The van der Waals surface area contributed by atoms with Gasteiger partial charge in [0.25, 0.3) is 0 Å². The summed E-state index contributed by atoms with van der Waals surface area (Å²) >= 11 is 1.26. The summed E-state index contributed by atoms with van der Waals surface area (Å²) in [4.78, 5) is 4.30. The highest BCUT2D eigenvalue weighted by Gasteiger charge is 2.30. The Morgan fingerprint density at radius 1 is 1.00 bits per heavy atom. The van der Waals surface area contributed by atoms with Crippen molar-refractivity contribution in [2.45, 2.75) is 6.18 Å². The molecule has 1 N–H and O–H groups in total. The summed E-state index contributed by atoms with van der Waals surface area (Å²) in [6.07, 6.45) is -4.39. The number of nitrogens with one attached hydrogen (secondary N) is 1. The second-order valence-corrected chi connectivity index (χ2v) is 5.61. The summed E-state index contributed by atoms with van der Waals surface area (Å²) in [6.45, 7) is 0. The second kappa shape index (κ2) is 7.31. The van der Waals surface area contributed by atoms with Gasteiger partial charge in [0.05, 0.1) is 11.3 Å². The van der Waals surface area contributed by atoms with E-state index in [4.69, 9.17) is 0 Å². The lowest BCUT2D eigenvalue weighted by Crippen LogP contribution is -2.05. The van der Waals surface area contributed by atoms with Gasteiger partial charge in [-0.2, -0.15) is 13.2 Å². The van der Waals surface area contributed by atoms with Gasteiger partial charge in [0, 0.05) is 16.6 Å². The van der Waals surface area contributed by atoms with Gasteiger partial charge in [-0.05, 0) is 42.5 Å². The van der Waals surface area contributed by atoms with Gasteiger partial charge < -0.3 is 5.32 Å². The summed E-state index contributed by atoms with van der Waals surface area (Å²) in [6, 6.07) is 10.8. The van der Waals surface area contributed by atoms with Gasteiger partial charge in [-0.1, -0.05) is 6.07 Å². The molecule has 126 valence electrons. The lowest BCUT2D eigenvalue weighted by Gasteiger charge is -2.08. The van der Waals surface area contributed by atoms with E-state index in [1.54, 1.807) is 17.5 Å². The second-order valence-electron chi connectivity index (χ2n) is 4.75. The number of benzene rings is 2. The van der Waals surface area contributed by atoms with Crippen LogP contribution in [0.1, 0.15) is 5.56 Å². The SMILES string of the molecule is Br.Fc1ccc(-c2csc(Nc3cccc(C(F)(F)F)c3)n2)cc1. The van der Waals surface area contributed by atoms with E-state index in [0.717, 1.165) is 17.7 Å². The van der Waals surface area contributed by atoms with Crippen molar-refractivity contribution in [3.05, 3.63) is 65.3 Å². The van der Waals surface area contributed by atoms with Crippen molar-refractivity contribution in [3.8, 4) is 11.3 Å². The first-order chi connectivity index (χ1) is 10.9. The number of nitrogens with zero attached hydrogens (tertiary/aromatic N) is 1. The van der Waals surface area contributed by atoms with Gasteiger partial charge >= 0.3 is 6.18 Å². The molecule has 0 unspecified atom stereocenters. The number of hydrogen-bond donors (Lipinski definition) is 1. The van der Waals surface area contributed by atoms with Crippen molar-refractivity contribution in [1.82, 2.24) is 4.98 Å². The number of hydrogen-bond acceptors (Lipinski definition) is 3. The molecule has 0 spiro atoms. The van der Waals surface area contributed by atoms with E-state index < -0.39 is 11.7 Å². The number of aromatic nitrogens is 1. The van der Waals surface area contributed by atoms with Crippen LogP contribution in [-0.2, 0) is 6.18 Å². The average Bonchev–Trinajstić information content (AvgIpc) is 2.96. The van der Waals surface area contributed by atoms with Crippen LogP contribution in [0.25, 0.3) is 11.3 Å². The Hall–Kier alpha value is -1.93. The molecule has 2 aromatic carbocycles. The molecule has 8 heteroatoms. The molecule has 0 atom stereocenters. The third-order valence-electron chi connectivity index (χ3n) is 3.09. The van der Waals surface area contributed by atoms with Crippen molar-refractivity contribution in [2.24, 2.45) is 0 Å². The van der Waals surface area contributed by atoms with E-state index in [1.807, 2.05) is 0 Å². The largest absolute Gasteiger partial charge is 0.416 e. The molecule has 0 amide bonds. The fraction of sp³-hybridized carbons (Fsp3) is 0.0625. The quantitative estimate of drug-likeness (QED) is 0.505. The molecule has 0 saturated carbocycles. The highest BCUT2D eigenvalue weighted by molar-refractivity contribution is 8.93. The summed E-state index contributed by atoms with van der Waals surface area (Å²) in [5, 5.41) is 5.07. The zero-order chi connectivity index (χ0) is 16.4. The van der Waals surface area contributed by atoms with Crippen molar-refractivity contribution in [2.75, 3.05) is 5.32 Å². The van der Waals surface area contributed by atoms with Gasteiger partial charge in [0.15, 0.2) is 5.13 Å². The Kier molecular flexibility index (Phi) is 5.61. The van der Waals surface area contributed by atoms with Gasteiger partial charge in [-0.3, -0.25) is 0 Å². The van der Waals surface area contributed by atoms with Crippen molar-refractivity contribution in [3.63, 3.8) is 0 Å². The van der Waals surface area contributed by atoms with Gasteiger partial charge in [-0.25, -0.2) is 9.37 Å². The summed E-state index contributed by atoms with van der Waals surface area (Å²) in [5.41, 5.74) is 0.946. The van der Waals surface area contributed by atoms with Gasteiger partial charge in [0.2, 0.25) is 0 Å². The number of rotatable bonds is 3. The summed E-state index contributed by atoms with van der Waals surface area (Å²) in [7, 11) is 0. The molecule has 24 heavy (non-hydrogen) atoms. The molecule has 0 aliphatic rings. The molecule has 1 aromatic heterocycles. The van der Waals surface area contributed by atoms with Crippen LogP contribution < -0.4 is 5.32 Å². The Morgan fingerprint density at radius 2 is 1.71 bits per heavy atom. The monoisotopic (exact) mass is 418 g/mol. The zero-order valence-corrected chi connectivity index (χ0v) is 14.5. The van der Waals surface area contributed by atoms with E-state index in [9.17, 15) is 17.6 Å². The van der Waals surface area contributed by atoms with Crippen LogP contribution in [0, 0.1) is 5.82 Å². The number of anilines is 2. The maximum absolute atomic E-state index is 12.9. The molecule has 0 aliphatic heterocycles. The molecule has 0 aliphatic carbocycles. The van der Waals surface area contributed by atoms with Gasteiger partial charge in [-0.15, -0.1) is 28.3 Å². The lowest BCUT2D eigenvalue weighted by molar-refractivity contribution is -0.137. The Balaban J connectivity index is 0.00000208. The summed E-state index contributed by atoms with van der Waals surface area (Å²) in [5.74, 6) is -0.341. The maximum Gasteiger partial charge on any atom is 0.416 e. The molecule has 0 radical (unpaired) electrons.